The molecule has 0 aliphatic rings. The summed E-state index contributed by atoms with van der Waals surface area (Å²) in [4.78, 5) is 11.3. The minimum Gasteiger partial charge on any atom is -0.484 e. The summed E-state index contributed by atoms with van der Waals surface area (Å²) in [6.45, 7) is 3.88. The van der Waals surface area contributed by atoms with Gasteiger partial charge >= 0.3 is 0 Å². The van der Waals surface area contributed by atoms with E-state index in [1.165, 1.54) is 19.1 Å². The van der Waals surface area contributed by atoms with Crippen LogP contribution >= 0.6 is 0 Å². The Morgan fingerprint density at radius 1 is 1.56 bits per heavy atom. The molecule has 1 atom stereocenters. The topological polar surface area (TPSA) is 58.6 Å². The molecule has 1 aromatic rings. The maximum Gasteiger partial charge on any atom is 0.257 e. The van der Waals surface area contributed by atoms with Crippen LogP contribution in [0, 0.1) is 5.82 Å². The van der Waals surface area contributed by atoms with Crippen molar-refractivity contribution in [3.8, 4) is 5.75 Å². The van der Waals surface area contributed by atoms with Crippen LogP contribution in [-0.4, -0.2) is 24.2 Å². The van der Waals surface area contributed by atoms with Crippen molar-refractivity contribution >= 4 is 5.91 Å². The molecule has 0 radical (unpaired) electrons. The van der Waals surface area contributed by atoms with E-state index in [-0.39, 0.29) is 23.8 Å². The minimum atomic E-state index is -0.869. The number of aliphatic hydroxyl groups excluding tert-OH is 1. The van der Waals surface area contributed by atoms with Gasteiger partial charge in [-0.3, -0.25) is 4.79 Å². The number of amides is 1. The Balaban J connectivity index is 2.53. The predicted molar refractivity (Wildman–Crippen MR) is 65.8 cm³/mol. The first kappa shape index (κ1) is 14.4. The van der Waals surface area contributed by atoms with E-state index in [0.717, 1.165) is 12.5 Å². The van der Waals surface area contributed by atoms with Crippen molar-refractivity contribution in [3.05, 3.63) is 29.6 Å². The van der Waals surface area contributed by atoms with Crippen molar-refractivity contribution in [2.75, 3.05) is 13.2 Å². The Hall–Kier alpha value is -1.62. The van der Waals surface area contributed by atoms with E-state index in [0.29, 0.717) is 6.54 Å². The summed E-state index contributed by atoms with van der Waals surface area (Å²) in [6, 6.07) is 4.13. The molecular weight excluding hydrogens is 237 g/mol. The smallest absolute Gasteiger partial charge is 0.257 e. The Labute approximate surface area is 106 Å². The molecule has 0 bridgehead atoms. The number of rotatable bonds is 6. The highest BCUT2D eigenvalue weighted by atomic mass is 19.1. The van der Waals surface area contributed by atoms with Crippen molar-refractivity contribution in [1.82, 2.24) is 5.32 Å². The van der Waals surface area contributed by atoms with Gasteiger partial charge in [0.1, 0.15) is 11.6 Å². The molecule has 100 valence electrons. The summed E-state index contributed by atoms with van der Waals surface area (Å²) in [6.07, 6.45) is -0.0180. The summed E-state index contributed by atoms with van der Waals surface area (Å²) < 4.78 is 18.6. The van der Waals surface area contributed by atoms with Crippen LogP contribution < -0.4 is 10.1 Å². The molecule has 0 aliphatic carbocycles. The van der Waals surface area contributed by atoms with Gasteiger partial charge in [-0.05, 0) is 25.5 Å². The van der Waals surface area contributed by atoms with Gasteiger partial charge in [0.2, 0.25) is 0 Å². The second-order valence-corrected chi connectivity index (χ2v) is 4.00. The van der Waals surface area contributed by atoms with Gasteiger partial charge in [0, 0.05) is 18.2 Å². The number of ether oxygens (including phenoxy) is 1. The molecule has 18 heavy (non-hydrogen) atoms. The Morgan fingerprint density at radius 2 is 2.28 bits per heavy atom. The summed E-state index contributed by atoms with van der Waals surface area (Å²) in [5, 5.41) is 11.9. The standard InChI is InChI=1S/C13H18FNO3/c1-3-6-15-13(17)8-18-10-4-5-11(9(2)16)12(14)7-10/h4-5,7,9,16H,3,6,8H2,1-2H3,(H,15,17). The van der Waals surface area contributed by atoms with Crippen molar-refractivity contribution in [3.63, 3.8) is 0 Å². The van der Waals surface area contributed by atoms with Crippen LogP contribution in [0.4, 0.5) is 4.39 Å². The Morgan fingerprint density at radius 3 is 2.83 bits per heavy atom. The number of benzene rings is 1. The van der Waals surface area contributed by atoms with Crippen LogP contribution in [0.25, 0.3) is 0 Å². The largest absolute Gasteiger partial charge is 0.484 e. The second-order valence-electron chi connectivity index (χ2n) is 4.00. The molecule has 0 fully saturated rings. The van der Waals surface area contributed by atoms with Gasteiger partial charge in [-0.25, -0.2) is 4.39 Å². The van der Waals surface area contributed by atoms with Gasteiger partial charge in [0.05, 0.1) is 6.10 Å². The fourth-order valence-electron chi connectivity index (χ4n) is 1.40. The molecule has 1 rings (SSSR count). The lowest BCUT2D eigenvalue weighted by Gasteiger charge is -2.10. The number of halogens is 1. The van der Waals surface area contributed by atoms with E-state index in [2.05, 4.69) is 5.32 Å². The Bertz CT molecular complexity index is 407. The monoisotopic (exact) mass is 255 g/mol. The average molecular weight is 255 g/mol. The number of carbonyl (C=O) groups is 1. The summed E-state index contributed by atoms with van der Waals surface area (Å²) >= 11 is 0. The van der Waals surface area contributed by atoms with Crippen molar-refractivity contribution in [2.24, 2.45) is 0 Å². The molecule has 1 unspecified atom stereocenters. The van der Waals surface area contributed by atoms with Gasteiger partial charge < -0.3 is 15.2 Å². The van der Waals surface area contributed by atoms with E-state index < -0.39 is 11.9 Å². The third kappa shape index (κ3) is 4.33. The molecule has 2 N–H and O–H groups in total. The third-order valence-electron chi connectivity index (χ3n) is 2.36. The minimum absolute atomic E-state index is 0.145. The van der Waals surface area contributed by atoms with Crippen LogP contribution in [-0.2, 0) is 4.79 Å². The number of hydrogen-bond acceptors (Lipinski definition) is 3. The molecule has 0 aromatic heterocycles. The summed E-state index contributed by atoms with van der Waals surface area (Å²) in [5.41, 5.74) is 0.206. The van der Waals surface area contributed by atoms with Crippen molar-refractivity contribution in [1.29, 1.82) is 0 Å². The van der Waals surface area contributed by atoms with Crippen LogP contribution in [0.15, 0.2) is 18.2 Å². The van der Waals surface area contributed by atoms with E-state index in [4.69, 9.17) is 4.74 Å². The summed E-state index contributed by atoms with van der Waals surface area (Å²) in [5.74, 6) is -0.517. The van der Waals surface area contributed by atoms with E-state index in [1.807, 2.05) is 6.92 Å². The molecule has 1 aromatic carbocycles. The maximum absolute atomic E-state index is 13.5. The highest BCUT2D eigenvalue weighted by Crippen LogP contribution is 2.21. The first-order chi connectivity index (χ1) is 8.54. The van der Waals surface area contributed by atoms with Crippen LogP contribution in [0.5, 0.6) is 5.75 Å². The van der Waals surface area contributed by atoms with Gasteiger partial charge in [0.15, 0.2) is 6.61 Å². The van der Waals surface area contributed by atoms with Crippen molar-refractivity contribution in [2.45, 2.75) is 26.4 Å². The van der Waals surface area contributed by atoms with Gasteiger partial charge in [-0.1, -0.05) is 6.92 Å². The van der Waals surface area contributed by atoms with Gasteiger partial charge in [0.25, 0.3) is 5.91 Å². The molecule has 0 saturated heterocycles. The van der Waals surface area contributed by atoms with E-state index in [1.54, 1.807) is 0 Å². The second kappa shape index (κ2) is 6.96. The SMILES string of the molecule is CCCNC(=O)COc1ccc(C(C)O)c(F)c1. The quantitative estimate of drug-likeness (QED) is 0.814. The lowest BCUT2D eigenvalue weighted by atomic mass is 10.1. The molecule has 1 amide bonds. The lowest BCUT2D eigenvalue weighted by molar-refractivity contribution is -0.123. The number of nitrogens with one attached hydrogen (secondary N) is 1. The Kier molecular flexibility index (Phi) is 5.58. The molecular formula is C13H18FNO3. The third-order valence-corrected chi connectivity index (χ3v) is 2.36. The fourth-order valence-corrected chi connectivity index (χ4v) is 1.40. The maximum atomic E-state index is 13.5. The lowest BCUT2D eigenvalue weighted by Crippen LogP contribution is -2.29. The fraction of sp³-hybridized carbons (Fsp3) is 0.462. The highest BCUT2D eigenvalue weighted by molar-refractivity contribution is 5.77. The van der Waals surface area contributed by atoms with Crippen molar-refractivity contribution < 1.29 is 19.0 Å². The molecule has 4 nitrogen and oxygen atoms in total. The first-order valence-corrected chi connectivity index (χ1v) is 5.91. The predicted octanol–water partition coefficient (Wildman–Crippen LogP) is 1.78. The van der Waals surface area contributed by atoms with Gasteiger partial charge in [-0.2, -0.15) is 0 Å². The molecule has 5 heteroatoms. The normalized spacial score (nSPS) is 12.0. The average Bonchev–Trinajstić information content (AvgIpc) is 2.33. The van der Waals surface area contributed by atoms with E-state index >= 15 is 0 Å². The zero-order valence-corrected chi connectivity index (χ0v) is 10.6. The van der Waals surface area contributed by atoms with Crippen LogP contribution in [0.2, 0.25) is 0 Å². The number of hydrogen-bond donors (Lipinski definition) is 2. The van der Waals surface area contributed by atoms with Gasteiger partial charge in [-0.15, -0.1) is 0 Å². The van der Waals surface area contributed by atoms with Crippen LogP contribution in [0.1, 0.15) is 31.9 Å². The molecule has 0 heterocycles. The number of carbonyl (C=O) groups excluding carboxylic acids is 1. The first-order valence-electron chi connectivity index (χ1n) is 5.91. The molecule has 0 saturated carbocycles. The zero-order chi connectivity index (χ0) is 13.5. The summed E-state index contributed by atoms with van der Waals surface area (Å²) in [7, 11) is 0. The molecule has 0 aliphatic heterocycles. The van der Waals surface area contributed by atoms with Crippen LogP contribution in [0.3, 0.4) is 0 Å². The molecule has 0 spiro atoms. The number of aliphatic hydroxyl groups is 1. The van der Waals surface area contributed by atoms with E-state index in [9.17, 15) is 14.3 Å². The highest BCUT2D eigenvalue weighted by Gasteiger charge is 2.09. The zero-order valence-electron chi connectivity index (χ0n) is 10.6.